The minimum atomic E-state index is -0.273. The van der Waals surface area contributed by atoms with E-state index in [0.717, 1.165) is 70.7 Å². The number of amides is 1. The van der Waals surface area contributed by atoms with E-state index in [-0.39, 0.29) is 35.3 Å². The summed E-state index contributed by atoms with van der Waals surface area (Å²) in [6.07, 6.45) is 6.40. The molecule has 1 saturated heterocycles. The zero-order valence-electron chi connectivity index (χ0n) is 17.4. The van der Waals surface area contributed by atoms with Crippen molar-refractivity contribution in [2.24, 2.45) is 10.4 Å². The first-order valence-corrected chi connectivity index (χ1v) is 9.91. The third kappa shape index (κ3) is 7.05. The van der Waals surface area contributed by atoms with Crippen LogP contribution in [0.2, 0.25) is 0 Å². The van der Waals surface area contributed by atoms with E-state index in [9.17, 15) is 4.79 Å². The summed E-state index contributed by atoms with van der Waals surface area (Å²) in [7, 11) is 7.26. The number of ether oxygens (including phenoxy) is 1. The van der Waals surface area contributed by atoms with Crippen LogP contribution in [0, 0.1) is 5.41 Å². The molecule has 1 heterocycles. The predicted octanol–water partition coefficient (Wildman–Crippen LogP) is 1.53. The lowest BCUT2D eigenvalue weighted by atomic mass is 9.84. The molecule has 158 valence electrons. The van der Waals surface area contributed by atoms with Gasteiger partial charge in [-0.1, -0.05) is 12.8 Å². The number of hydrogen-bond donors (Lipinski definition) is 2. The molecule has 1 aliphatic heterocycles. The fourth-order valence-corrected chi connectivity index (χ4v) is 4.15. The van der Waals surface area contributed by atoms with Crippen LogP contribution in [0.25, 0.3) is 0 Å². The van der Waals surface area contributed by atoms with Gasteiger partial charge in [0.2, 0.25) is 5.91 Å². The molecule has 1 amide bonds. The van der Waals surface area contributed by atoms with Crippen LogP contribution in [0.5, 0.6) is 0 Å². The Morgan fingerprint density at radius 3 is 2.41 bits per heavy atom. The Kier molecular flexibility index (Phi) is 10.9. The quantitative estimate of drug-likeness (QED) is 0.319. The van der Waals surface area contributed by atoms with Gasteiger partial charge in [-0.25, -0.2) is 0 Å². The molecular formula is C19H38IN5O2. The van der Waals surface area contributed by atoms with E-state index < -0.39 is 0 Å². The molecule has 0 unspecified atom stereocenters. The minimum Gasteiger partial charge on any atom is -0.383 e. The highest BCUT2D eigenvalue weighted by molar-refractivity contribution is 14.0. The molecular weight excluding hydrogens is 457 g/mol. The lowest BCUT2D eigenvalue weighted by Gasteiger charge is -2.34. The lowest BCUT2D eigenvalue weighted by molar-refractivity contribution is -0.138. The van der Waals surface area contributed by atoms with Crippen molar-refractivity contribution in [1.82, 2.24) is 20.4 Å². The van der Waals surface area contributed by atoms with E-state index in [2.05, 4.69) is 20.5 Å². The van der Waals surface area contributed by atoms with Gasteiger partial charge in [-0.3, -0.25) is 9.79 Å². The zero-order chi connectivity index (χ0) is 19.0. The molecule has 0 aromatic rings. The first kappa shape index (κ1) is 24.4. The summed E-state index contributed by atoms with van der Waals surface area (Å²) in [6, 6.07) is 0.434. The first-order valence-electron chi connectivity index (χ1n) is 9.91. The fraction of sp³-hybridized carbons (Fsp3) is 0.895. The Hall–Kier alpha value is -0.610. The van der Waals surface area contributed by atoms with Gasteiger partial charge < -0.3 is 25.2 Å². The van der Waals surface area contributed by atoms with E-state index in [4.69, 9.17) is 4.74 Å². The summed E-state index contributed by atoms with van der Waals surface area (Å²) in [4.78, 5) is 21.3. The van der Waals surface area contributed by atoms with Gasteiger partial charge in [-0.15, -0.1) is 24.0 Å². The Morgan fingerprint density at radius 2 is 1.89 bits per heavy atom. The molecule has 1 saturated carbocycles. The summed E-state index contributed by atoms with van der Waals surface area (Å²) in [5.74, 6) is 1.06. The number of aliphatic imine (C=N–C) groups is 1. The van der Waals surface area contributed by atoms with Crippen molar-refractivity contribution in [1.29, 1.82) is 0 Å². The lowest BCUT2D eigenvalue weighted by Crippen LogP contribution is -2.52. The highest BCUT2D eigenvalue weighted by Crippen LogP contribution is 2.38. The third-order valence-electron chi connectivity index (χ3n) is 5.78. The number of carbonyl (C=O) groups is 1. The van der Waals surface area contributed by atoms with Crippen molar-refractivity contribution in [3.63, 3.8) is 0 Å². The van der Waals surface area contributed by atoms with Crippen LogP contribution in [0.15, 0.2) is 4.99 Å². The smallest absolute Gasteiger partial charge is 0.230 e. The Labute approximate surface area is 181 Å². The van der Waals surface area contributed by atoms with Crippen molar-refractivity contribution >= 4 is 35.8 Å². The average Bonchev–Trinajstić information content (AvgIpc) is 3.13. The summed E-state index contributed by atoms with van der Waals surface area (Å²) in [5.41, 5.74) is -0.273. The molecule has 2 rings (SSSR count). The fourth-order valence-electron chi connectivity index (χ4n) is 4.15. The minimum absolute atomic E-state index is 0. The topological polar surface area (TPSA) is 69.2 Å². The van der Waals surface area contributed by atoms with Crippen LogP contribution in [0.3, 0.4) is 0 Å². The predicted molar refractivity (Wildman–Crippen MR) is 121 cm³/mol. The van der Waals surface area contributed by atoms with E-state index >= 15 is 0 Å². The van der Waals surface area contributed by atoms with Gasteiger partial charge in [-0.05, 0) is 25.7 Å². The summed E-state index contributed by atoms with van der Waals surface area (Å²) in [5, 5.41) is 6.99. The normalized spacial score (nSPS) is 20.8. The van der Waals surface area contributed by atoms with Crippen molar-refractivity contribution in [3.05, 3.63) is 0 Å². The highest BCUT2D eigenvalue weighted by atomic mass is 127. The van der Waals surface area contributed by atoms with Gasteiger partial charge in [0.05, 0.1) is 12.0 Å². The first-order chi connectivity index (χ1) is 12.5. The maximum atomic E-state index is 12.7. The maximum Gasteiger partial charge on any atom is 0.230 e. The van der Waals surface area contributed by atoms with Gasteiger partial charge in [0.1, 0.15) is 0 Å². The molecule has 27 heavy (non-hydrogen) atoms. The number of methoxy groups -OCH3 is 1. The molecule has 2 N–H and O–H groups in total. The second-order valence-corrected chi connectivity index (χ2v) is 7.87. The number of hydrogen-bond acceptors (Lipinski definition) is 4. The summed E-state index contributed by atoms with van der Waals surface area (Å²) < 4.78 is 5.16. The van der Waals surface area contributed by atoms with Crippen molar-refractivity contribution in [3.8, 4) is 0 Å². The number of nitrogens with one attached hydrogen (secondary N) is 2. The largest absolute Gasteiger partial charge is 0.383 e. The molecule has 0 aromatic carbocycles. The second kappa shape index (κ2) is 12.1. The summed E-state index contributed by atoms with van der Waals surface area (Å²) >= 11 is 0. The van der Waals surface area contributed by atoms with Crippen LogP contribution in [0.1, 0.15) is 38.5 Å². The van der Waals surface area contributed by atoms with Crippen LogP contribution in [-0.2, 0) is 9.53 Å². The Morgan fingerprint density at radius 1 is 1.26 bits per heavy atom. The Bertz CT molecular complexity index is 473. The molecule has 0 bridgehead atoms. The molecule has 0 atom stereocenters. The number of piperidine rings is 1. The number of guanidine groups is 1. The number of likely N-dealkylation sites (tertiary alicyclic amines) is 1. The van der Waals surface area contributed by atoms with Gasteiger partial charge in [0, 0.05) is 60.5 Å². The van der Waals surface area contributed by atoms with Crippen molar-refractivity contribution < 1.29 is 9.53 Å². The van der Waals surface area contributed by atoms with E-state index in [1.165, 1.54) is 0 Å². The standard InChI is InChI=1S/C19H37N5O2.HI/c1-20-18(22-16-7-11-24(12-8-16)13-14-26-4)21-15-19(9-5-6-10-19)17(25)23(2)3;/h16H,5-15H2,1-4H3,(H2,20,21,22);1H. The maximum absolute atomic E-state index is 12.7. The van der Waals surface area contributed by atoms with Crippen molar-refractivity contribution in [2.75, 3.05) is 61.0 Å². The van der Waals surface area contributed by atoms with Crippen molar-refractivity contribution in [2.45, 2.75) is 44.6 Å². The van der Waals surface area contributed by atoms with Gasteiger partial charge >= 0.3 is 0 Å². The number of halogens is 1. The Balaban J connectivity index is 0.00000364. The van der Waals surface area contributed by atoms with E-state index in [1.807, 2.05) is 14.1 Å². The van der Waals surface area contributed by atoms with Crippen LogP contribution < -0.4 is 10.6 Å². The molecule has 0 spiro atoms. The second-order valence-electron chi connectivity index (χ2n) is 7.87. The monoisotopic (exact) mass is 495 g/mol. The number of rotatable bonds is 7. The molecule has 0 aromatic heterocycles. The molecule has 7 nitrogen and oxygen atoms in total. The number of carbonyl (C=O) groups excluding carboxylic acids is 1. The van der Waals surface area contributed by atoms with E-state index in [1.54, 1.807) is 19.1 Å². The molecule has 2 aliphatic rings. The molecule has 8 heteroatoms. The van der Waals surface area contributed by atoms with Crippen LogP contribution >= 0.6 is 24.0 Å². The third-order valence-corrected chi connectivity index (χ3v) is 5.78. The average molecular weight is 495 g/mol. The van der Waals surface area contributed by atoms with Gasteiger partial charge in [0.25, 0.3) is 0 Å². The number of nitrogens with zero attached hydrogens (tertiary/aromatic N) is 3. The van der Waals surface area contributed by atoms with Gasteiger partial charge in [-0.2, -0.15) is 0 Å². The molecule has 1 aliphatic carbocycles. The SMILES string of the molecule is CN=C(NCC1(C(=O)N(C)C)CCCC1)NC1CCN(CCOC)CC1.I. The van der Waals surface area contributed by atoms with Crippen LogP contribution in [-0.4, -0.2) is 88.7 Å². The van der Waals surface area contributed by atoms with Gasteiger partial charge in [0.15, 0.2) is 5.96 Å². The summed E-state index contributed by atoms with van der Waals surface area (Å²) in [6.45, 7) is 4.63. The highest BCUT2D eigenvalue weighted by Gasteiger charge is 2.42. The van der Waals surface area contributed by atoms with Crippen LogP contribution in [0.4, 0.5) is 0 Å². The molecule has 2 fully saturated rings. The molecule has 0 radical (unpaired) electrons. The zero-order valence-corrected chi connectivity index (χ0v) is 19.8. The van der Waals surface area contributed by atoms with E-state index in [0.29, 0.717) is 12.6 Å².